The van der Waals surface area contributed by atoms with Gasteiger partial charge in [0.25, 0.3) is 0 Å². The first kappa shape index (κ1) is 22.2. The molecule has 2 N–H and O–H groups in total. The van der Waals surface area contributed by atoms with Gasteiger partial charge in [-0.2, -0.15) is 13.2 Å². The van der Waals surface area contributed by atoms with Crippen LogP contribution in [0.3, 0.4) is 0 Å². The molecule has 3 rings (SSSR count). The van der Waals surface area contributed by atoms with Crippen LogP contribution in [0.25, 0.3) is 0 Å². The van der Waals surface area contributed by atoms with Crippen LogP contribution in [-0.2, 0) is 11.2 Å². The number of nitrogens with zero attached hydrogens (tertiary/aromatic N) is 2. The molecule has 2 heterocycles. The molecule has 1 aromatic rings. The van der Waals surface area contributed by atoms with E-state index in [4.69, 9.17) is 9.47 Å². The number of aliphatic imine (C=N–C) groups is 1. The molecule has 0 bridgehead atoms. The molecule has 2 aliphatic rings. The summed E-state index contributed by atoms with van der Waals surface area (Å²) in [6, 6.07) is 6.00. The molecule has 1 aromatic carbocycles. The van der Waals surface area contributed by atoms with Crippen molar-refractivity contribution in [2.75, 3.05) is 21.2 Å². The molecule has 2 unspecified atom stereocenters. The first-order chi connectivity index (χ1) is 13.6. The number of benzene rings is 1. The highest BCUT2D eigenvalue weighted by Gasteiger charge is 2.56. The van der Waals surface area contributed by atoms with Gasteiger partial charge in [-0.05, 0) is 30.5 Å². The summed E-state index contributed by atoms with van der Waals surface area (Å²) in [6.07, 6.45) is -9.36. The third kappa shape index (κ3) is 4.82. The maximum atomic E-state index is 13.8. The Bertz CT molecular complexity index is 729. The Kier molecular flexibility index (Phi) is 6.67. The Morgan fingerprint density at radius 3 is 2.41 bits per heavy atom. The molecule has 162 valence electrons. The number of halogens is 3. The highest BCUT2D eigenvalue weighted by molar-refractivity contribution is 8.14. The first-order valence-corrected chi connectivity index (χ1v) is 10.1. The summed E-state index contributed by atoms with van der Waals surface area (Å²) in [7, 11) is 5.01. The summed E-state index contributed by atoms with van der Waals surface area (Å²) in [4.78, 5) is 5.98. The zero-order chi connectivity index (χ0) is 21.3. The van der Waals surface area contributed by atoms with Crippen molar-refractivity contribution in [1.82, 2.24) is 4.90 Å². The van der Waals surface area contributed by atoms with Crippen molar-refractivity contribution in [2.24, 2.45) is 10.9 Å². The quantitative estimate of drug-likeness (QED) is 0.741. The van der Waals surface area contributed by atoms with E-state index in [1.165, 1.54) is 7.11 Å². The fourth-order valence-electron chi connectivity index (χ4n) is 3.55. The lowest BCUT2D eigenvalue weighted by Gasteiger charge is -2.42. The van der Waals surface area contributed by atoms with E-state index in [1.54, 1.807) is 43.3 Å². The first-order valence-electron chi connectivity index (χ1n) is 9.25. The summed E-state index contributed by atoms with van der Waals surface area (Å²) in [6.45, 7) is 0. The van der Waals surface area contributed by atoms with E-state index >= 15 is 0 Å². The minimum Gasteiger partial charge on any atom is -0.497 e. The van der Waals surface area contributed by atoms with E-state index in [0.29, 0.717) is 10.9 Å². The molecule has 2 aliphatic heterocycles. The van der Waals surface area contributed by atoms with Crippen molar-refractivity contribution >= 4 is 16.9 Å². The lowest BCUT2D eigenvalue weighted by molar-refractivity contribution is -0.250. The fraction of sp³-hybridized carbons (Fsp3) is 0.632. The van der Waals surface area contributed by atoms with Gasteiger partial charge < -0.3 is 24.6 Å². The molecule has 6 nitrogen and oxygen atoms in total. The normalized spacial score (nSPS) is 30.5. The molecule has 0 aliphatic carbocycles. The summed E-state index contributed by atoms with van der Waals surface area (Å²) in [5.41, 5.74) is -0.0427. The average Bonchev–Trinajstić information content (AvgIpc) is 3.10. The van der Waals surface area contributed by atoms with Gasteiger partial charge in [-0.1, -0.05) is 23.9 Å². The second-order valence-electron chi connectivity index (χ2n) is 7.40. The second-order valence-corrected chi connectivity index (χ2v) is 8.47. The number of alkyl halides is 3. The van der Waals surface area contributed by atoms with Gasteiger partial charge in [-0.3, -0.25) is 4.99 Å². The van der Waals surface area contributed by atoms with Crippen LogP contribution >= 0.6 is 11.8 Å². The largest absolute Gasteiger partial charge is 0.497 e. The number of aliphatic hydroxyl groups is 2. The summed E-state index contributed by atoms with van der Waals surface area (Å²) < 4.78 is 52.2. The molecule has 0 spiro atoms. The van der Waals surface area contributed by atoms with E-state index in [9.17, 15) is 23.4 Å². The van der Waals surface area contributed by atoms with Gasteiger partial charge in [-0.15, -0.1) is 0 Å². The Morgan fingerprint density at radius 1 is 1.21 bits per heavy atom. The van der Waals surface area contributed by atoms with Crippen LogP contribution in [0.4, 0.5) is 13.2 Å². The lowest BCUT2D eigenvalue weighted by Crippen LogP contribution is -2.59. The van der Waals surface area contributed by atoms with Crippen LogP contribution < -0.4 is 4.74 Å². The predicted octanol–water partition coefficient (Wildman–Crippen LogP) is 2.29. The van der Waals surface area contributed by atoms with E-state index < -0.39 is 41.9 Å². The molecule has 0 amide bonds. The third-order valence-electron chi connectivity index (χ3n) is 5.19. The molecule has 1 fully saturated rings. The van der Waals surface area contributed by atoms with E-state index in [-0.39, 0.29) is 12.8 Å². The molecule has 1 saturated heterocycles. The number of aryl methyl sites for hydroxylation is 1. The Morgan fingerprint density at radius 2 is 1.86 bits per heavy atom. The van der Waals surface area contributed by atoms with Crippen LogP contribution in [0, 0.1) is 5.92 Å². The highest BCUT2D eigenvalue weighted by Crippen LogP contribution is 2.43. The van der Waals surface area contributed by atoms with Gasteiger partial charge in [0.15, 0.2) is 5.17 Å². The van der Waals surface area contributed by atoms with Crippen LogP contribution in [0.5, 0.6) is 5.75 Å². The third-order valence-corrected chi connectivity index (χ3v) is 6.49. The number of amidine groups is 1. The van der Waals surface area contributed by atoms with Crippen molar-refractivity contribution in [3.05, 3.63) is 29.8 Å². The SMILES string of the molecule is COc1ccc(CCC(C2O[C@@H]3SC(N(C)C)=N[C@@H]3[C@@H](O)[C@@H]2O)C(F)(F)F)cc1. The van der Waals surface area contributed by atoms with Crippen molar-refractivity contribution in [1.29, 1.82) is 0 Å². The van der Waals surface area contributed by atoms with E-state index in [2.05, 4.69) is 4.99 Å². The van der Waals surface area contributed by atoms with Crippen molar-refractivity contribution in [3.8, 4) is 5.75 Å². The van der Waals surface area contributed by atoms with Crippen molar-refractivity contribution in [3.63, 3.8) is 0 Å². The number of aliphatic hydroxyl groups excluding tert-OH is 2. The zero-order valence-corrected chi connectivity index (χ0v) is 17.2. The predicted molar refractivity (Wildman–Crippen MR) is 104 cm³/mol. The standard InChI is InChI=1S/C19H25F3N2O4S/c1-24(2)18-23-13-14(25)15(26)16(28-17(13)29-18)12(19(20,21)22)9-6-10-4-7-11(27-3)8-5-10/h4-5,7-8,12-17,25-26H,6,9H2,1-3H3/t12?,13-,14-,15+,16?,17-/m1/s1. The number of rotatable bonds is 5. The van der Waals surface area contributed by atoms with E-state index in [1.807, 2.05) is 0 Å². The van der Waals surface area contributed by atoms with Gasteiger partial charge in [0.05, 0.1) is 19.1 Å². The van der Waals surface area contributed by atoms with Crippen LogP contribution in [-0.4, -0.2) is 77.5 Å². The number of hydrogen-bond acceptors (Lipinski definition) is 7. The lowest BCUT2D eigenvalue weighted by atomic mass is 9.85. The maximum absolute atomic E-state index is 13.8. The van der Waals surface area contributed by atoms with Crippen molar-refractivity contribution < 1.29 is 32.9 Å². The van der Waals surface area contributed by atoms with Gasteiger partial charge in [0, 0.05) is 14.1 Å². The summed E-state index contributed by atoms with van der Waals surface area (Å²) in [5.74, 6) is -1.30. The minimum atomic E-state index is -4.58. The molecular formula is C19H25F3N2O4S. The van der Waals surface area contributed by atoms with Gasteiger partial charge in [0.2, 0.25) is 0 Å². The second kappa shape index (κ2) is 8.71. The Labute approximate surface area is 171 Å². The van der Waals surface area contributed by atoms with Gasteiger partial charge in [-0.25, -0.2) is 0 Å². The molecule has 10 heteroatoms. The maximum Gasteiger partial charge on any atom is 0.394 e. The molecule has 29 heavy (non-hydrogen) atoms. The summed E-state index contributed by atoms with van der Waals surface area (Å²) >= 11 is 1.16. The van der Waals surface area contributed by atoms with Gasteiger partial charge in [0.1, 0.15) is 29.4 Å². The Hall–Kier alpha value is -1.49. The van der Waals surface area contributed by atoms with Gasteiger partial charge >= 0.3 is 6.18 Å². The molecule has 6 atom stereocenters. The fourth-order valence-corrected chi connectivity index (χ4v) is 4.70. The molecular weight excluding hydrogens is 409 g/mol. The zero-order valence-electron chi connectivity index (χ0n) is 16.3. The molecule has 0 aromatic heterocycles. The monoisotopic (exact) mass is 434 g/mol. The van der Waals surface area contributed by atoms with Crippen LogP contribution in [0.2, 0.25) is 0 Å². The smallest absolute Gasteiger partial charge is 0.394 e. The number of ether oxygens (including phenoxy) is 2. The number of thioether (sulfide) groups is 1. The number of methoxy groups -OCH3 is 1. The highest BCUT2D eigenvalue weighted by atomic mass is 32.2. The Balaban J connectivity index is 1.75. The van der Waals surface area contributed by atoms with Crippen LogP contribution in [0.1, 0.15) is 12.0 Å². The average molecular weight is 434 g/mol. The number of fused-ring (bicyclic) bond motifs is 1. The minimum absolute atomic E-state index is 0.150. The molecule has 0 saturated carbocycles. The summed E-state index contributed by atoms with van der Waals surface area (Å²) in [5, 5.41) is 21.4. The molecule has 0 radical (unpaired) electrons. The van der Waals surface area contributed by atoms with Crippen LogP contribution in [0.15, 0.2) is 29.3 Å². The number of hydrogen-bond donors (Lipinski definition) is 2. The topological polar surface area (TPSA) is 74.5 Å². The van der Waals surface area contributed by atoms with E-state index in [0.717, 1.165) is 17.3 Å². The van der Waals surface area contributed by atoms with Crippen molar-refractivity contribution in [2.45, 2.75) is 48.8 Å².